The Balaban J connectivity index is 2.16. The number of aryl methyl sites for hydroxylation is 1. The molecule has 0 heterocycles. The van der Waals surface area contributed by atoms with E-state index in [0.717, 1.165) is 32.7 Å². The van der Waals surface area contributed by atoms with Gasteiger partial charge in [-0.15, -0.1) is 0 Å². The summed E-state index contributed by atoms with van der Waals surface area (Å²) in [7, 11) is 1.67. The summed E-state index contributed by atoms with van der Waals surface area (Å²) in [5.41, 5.74) is 9.91. The van der Waals surface area contributed by atoms with E-state index in [-0.39, 0.29) is 0 Å². The molecule has 19 heavy (non-hydrogen) atoms. The van der Waals surface area contributed by atoms with Crippen molar-refractivity contribution in [2.45, 2.75) is 13.5 Å². The average molecular weight is 321 g/mol. The van der Waals surface area contributed by atoms with Gasteiger partial charge in [0.15, 0.2) is 0 Å². The first kappa shape index (κ1) is 13.7. The average Bonchev–Trinajstić information content (AvgIpc) is 2.38. The molecule has 0 fully saturated rings. The molecule has 0 amide bonds. The zero-order chi connectivity index (χ0) is 13.8. The number of halogens is 1. The molecule has 0 saturated carbocycles. The van der Waals surface area contributed by atoms with E-state index in [2.05, 4.69) is 21.2 Å². The predicted molar refractivity (Wildman–Crippen MR) is 83.6 cm³/mol. The lowest BCUT2D eigenvalue weighted by molar-refractivity contribution is 0.410. The molecule has 0 saturated heterocycles. The van der Waals surface area contributed by atoms with Crippen molar-refractivity contribution in [3.05, 3.63) is 52.0 Å². The Labute approximate surface area is 121 Å². The summed E-state index contributed by atoms with van der Waals surface area (Å²) >= 11 is 3.47. The number of anilines is 2. The number of benzene rings is 2. The molecule has 0 aliphatic carbocycles. The molecule has 2 rings (SSSR count). The van der Waals surface area contributed by atoms with Crippen LogP contribution in [0.5, 0.6) is 5.75 Å². The van der Waals surface area contributed by atoms with Crippen molar-refractivity contribution in [2.24, 2.45) is 0 Å². The highest BCUT2D eigenvalue weighted by Gasteiger charge is 2.05. The third-order valence-electron chi connectivity index (χ3n) is 2.92. The van der Waals surface area contributed by atoms with Gasteiger partial charge in [0, 0.05) is 16.6 Å². The van der Waals surface area contributed by atoms with Gasteiger partial charge >= 0.3 is 0 Å². The van der Waals surface area contributed by atoms with E-state index in [1.165, 1.54) is 0 Å². The SMILES string of the molecule is COc1ccc(Br)cc1CNc1ccc(C)cc1N. The summed E-state index contributed by atoms with van der Waals surface area (Å²) in [6.07, 6.45) is 0. The molecule has 3 nitrogen and oxygen atoms in total. The van der Waals surface area contributed by atoms with E-state index in [9.17, 15) is 0 Å². The molecule has 2 aromatic rings. The van der Waals surface area contributed by atoms with Crippen molar-refractivity contribution >= 4 is 27.3 Å². The van der Waals surface area contributed by atoms with Gasteiger partial charge in [-0.05, 0) is 42.8 Å². The Kier molecular flexibility index (Phi) is 4.32. The fourth-order valence-corrected chi connectivity index (χ4v) is 2.33. The Morgan fingerprint density at radius 3 is 2.68 bits per heavy atom. The van der Waals surface area contributed by atoms with Gasteiger partial charge in [0.05, 0.1) is 18.5 Å². The quantitative estimate of drug-likeness (QED) is 0.838. The maximum absolute atomic E-state index is 5.98. The standard InChI is InChI=1S/C15H17BrN2O/c1-10-3-5-14(13(17)7-10)18-9-11-8-12(16)4-6-15(11)19-2/h3-8,18H,9,17H2,1-2H3. The summed E-state index contributed by atoms with van der Waals surface area (Å²) < 4.78 is 6.38. The van der Waals surface area contributed by atoms with Crippen LogP contribution in [0.1, 0.15) is 11.1 Å². The van der Waals surface area contributed by atoms with Crippen LogP contribution in [0.25, 0.3) is 0 Å². The Bertz CT molecular complexity index is 584. The molecule has 0 aliphatic rings. The number of nitrogens with two attached hydrogens (primary N) is 1. The number of hydrogen-bond donors (Lipinski definition) is 2. The van der Waals surface area contributed by atoms with E-state index in [0.29, 0.717) is 6.54 Å². The molecule has 0 atom stereocenters. The normalized spacial score (nSPS) is 10.3. The van der Waals surface area contributed by atoms with Crippen molar-refractivity contribution in [1.82, 2.24) is 0 Å². The summed E-state index contributed by atoms with van der Waals surface area (Å²) in [5, 5.41) is 3.33. The second-order valence-corrected chi connectivity index (χ2v) is 5.32. The number of nitrogen functional groups attached to an aromatic ring is 1. The molecule has 100 valence electrons. The minimum absolute atomic E-state index is 0.663. The lowest BCUT2D eigenvalue weighted by atomic mass is 10.1. The Morgan fingerprint density at radius 1 is 1.21 bits per heavy atom. The van der Waals surface area contributed by atoms with Gasteiger partial charge in [-0.1, -0.05) is 22.0 Å². The van der Waals surface area contributed by atoms with Gasteiger partial charge in [-0.3, -0.25) is 0 Å². The van der Waals surface area contributed by atoms with Gasteiger partial charge < -0.3 is 15.8 Å². The lowest BCUT2D eigenvalue weighted by Crippen LogP contribution is -2.04. The summed E-state index contributed by atoms with van der Waals surface area (Å²) in [4.78, 5) is 0. The van der Waals surface area contributed by atoms with Crippen LogP contribution >= 0.6 is 15.9 Å². The molecule has 0 aliphatic heterocycles. The van der Waals surface area contributed by atoms with E-state index >= 15 is 0 Å². The topological polar surface area (TPSA) is 47.3 Å². The molecule has 3 N–H and O–H groups in total. The highest BCUT2D eigenvalue weighted by Crippen LogP contribution is 2.25. The maximum atomic E-state index is 5.98. The monoisotopic (exact) mass is 320 g/mol. The molecule has 0 bridgehead atoms. The summed E-state index contributed by atoms with van der Waals surface area (Å²) in [5.74, 6) is 0.862. The first-order valence-corrected chi connectivity index (χ1v) is 6.82. The maximum Gasteiger partial charge on any atom is 0.123 e. The van der Waals surface area contributed by atoms with E-state index < -0.39 is 0 Å². The van der Waals surface area contributed by atoms with Crippen LogP contribution in [0.15, 0.2) is 40.9 Å². The summed E-state index contributed by atoms with van der Waals surface area (Å²) in [6, 6.07) is 11.9. The first-order chi connectivity index (χ1) is 9.10. The second kappa shape index (κ2) is 5.97. The third-order valence-corrected chi connectivity index (χ3v) is 3.41. The molecule has 0 spiro atoms. The Morgan fingerprint density at radius 2 is 2.00 bits per heavy atom. The van der Waals surface area contributed by atoms with Crippen molar-refractivity contribution in [1.29, 1.82) is 0 Å². The lowest BCUT2D eigenvalue weighted by Gasteiger charge is -2.13. The highest BCUT2D eigenvalue weighted by molar-refractivity contribution is 9.10. The zero-order valence-corrected chi connectivity index (χ0v) is 12.6. The molecule has 0 aromatic heterocycles. The van der Waals surface area contributed by atoms with Gasteiger partial charge in [0.25, 0.3) is 0 Å². The van der Waals surface area contributed by atoms with Gasteiger partial charge in [0.2, 0.25) is 0 Å². The van der Waals surface area contributed by atoms with E-state index in [1.54, 1.807) is 7.11 Å². The largest absolute Gasteiger partial charge is 0.496 e. The molecular formula is C15H17BrN2O. The zero-order valence-electron chi connectivity index (χ0n) is 11.0. The molecular weight excluding hydrogens is 304 g/mol. The van der Waals surface area contributed by atoms with Crippen molar-refractivity contribution < 1.29 is 4.74 Å². The van der Waals surface area contributed by atoms with Crippen LogP contribution in [0.2, 0.25) is 0 Å². The van der Waals surface area contributed by atoms with Crippen molar-refractivity contribution in [3.63, 3.8) is 0 Å². The molecule has 2 aromatic carbocycles. The number of nitrogens with one attached hydrogen (secondary N) is 1. The van der Waals surface area contributed by atoms with Gasteiger partial charge in [-0.2, -0.15) is 0 Å². The van der Waals surface area contributed by atoms with Crippen LogP contribution in [0.4, 0.5) is 11.4 Å². The first-order valence-electron chi connectivity index (χ1n) is 6.02. The number of methoxy groups -OCH3 is 1. The van der Waals surface area contributed by atoms with E-state index in [1.807, 2.05) is 43.3 Å². The number of hydrogen-bond acceptors (Lipinski definition) is 3. The van der Waals surface area contributed by atoms with Crippen LogP contribution in [0.3, 0.4) is 0 Å². The minimum Gasteiger partial charge on any atom is -0.496 e. The number of ether oxygens (including phenoxy) is 1. The van der Waals surface area contributed by atoms with Gasteiger partial charge in [0.1, 0.15) is 5.75 Å². The molecule has 0 unspecified atom stereocenters. The number of rotatable bonds is 4. The van der Waals surface area contributed by atoms with Crippen molar-refractivity contribution in [2.75, 3.05) is 18.2 Å². The predicted octanol–water partition coefficient (Wildman–Crippen LogP) is 3.96. The fourth-order valence-electron chi connectivity index (χ4n) is 1.92. The molecule has 0 radical (unpaired) electrons. The van der Waals surface area contributed by atoms with E-state index in [4.69, 9.17) is 10.5 Å². The second-order valence-electron chi connectivity index (χ2n) is 4.40. The smallest absolute Gasteiger partial charge is 0.123 e. The Hall–Kier alpha value is -1.68. The molecule has 4 heteroatoms. The van der Waals surface area contributed by atoms with Gasteiger partial charge in [-0.25, -0.2) is 0 Å². The summed E-state index contributed by atoms with van der Waals surface area (Å²) in [6.45, 7) is 2.69. The van der Waals surface area contributed by atoms with Crippen molar-refractivity contribution in [3.8, 4) is 5.75 Å². The third kappa shape index (κ3) is 3.41. The van der Waals surface area contributed by atoms with Crippen LogP contribution in [-0.4, -0.2) is 7.11 Å². The van der Waals surface area contributed by atoms with Crippen LogP contribution < -0.4 is 15.8 Å². The van der Waals surface area contributed by atoms with Crippen LogP contribution in [0, 0.1) is 6.92 Å². The van der Waals surface area contributed by atoms with Crippen LogP contribution in [-0.2, 0) is 6.54 Å². The minimum atomic E-state index is 0.663. The highest BCUT2D eigenvalue weighted by atomic mass is 79.9. The fraction of sp³-hybridized carbons (Fsp3) is 0.200.